The van der Waals surface area contributed by atoms with Gasteiger partial charge in [0.2, 0.25) is 0 Å². The quantitative estimate of drug-likeness (QED) is 0.861. The summed E-state index contributed by atoms with van der Waals surface area (Å²) in [7, 11) is 0. The molecule has 0 aliphatic heterocycles. The van der Waals surface area contributed by atoms with Gasteiger partial charge in [0.1, 0.15) is 18.0 Å². The molecule has 1 heterocycles. The number of aromatic nitrogens is 2. The zero-order valence-electron chi connectivity index (χ0n) is 9.23. The molecule has 1 aliphatic carbocycles. The first-order valence-electron chi connectivity index (χ1n) is 5.61. The largest absolute Gasteiger partial charge is 0.384 e. The number of hydrogen-bond acceptors (Lipinski definition) is 3. The van der Waals surface area contributed by atoms with E-state index in [0.717, 1.165) is 5.56 Å². The molecular formula is C13H12FN3. The smallest absolute Gasteiger partial charge is 0.132 e. The normalized spacial score (nSPS) is 14.9. The molecule has 1 aromatic heterocycles. The van der Waals surface area contributed by atoms with Gasteiger partial charge in [0.15, 0.2) is 0 Å². The van der Waals surface area contributed by atoms with Gasteiger partial charge in [-0.05, 0) is 36.5 Å². The van der Waals surface area contributed by atoms with Crippen molar-refractivity contribution in [2.45, 2.75) is 18.8 Å². The van der Waals surface area contributed by atoms with Crippen molar-refractivity contribution in [3.63, 3.8) is 0 Å². The maximum Gasteiger partial charge on any atom is 0.132 e. The molecule has 0 radical (unpaired) electrons. The number of anilines is 1. The van der Waals surface area contributed by atoms with Crippen molar-refractivity contribution in [2.24, 2.45) is 0 Å². The van der Waals surface area contributed by atoms with Gasteiger partial charge in [0, 0.05) is 11.6 Å². The van der Waals surface area contributed by atoms with Crippen LogP contribution in [-0.2, 0) is 0 Å². The van der Waals surface area contributed by atoms with E-state index < -0.39 is 0 Å². The maximum atomic E-state index is 14.0. The Bertz CT molecular complexity index is 564. The Morgan fingerprint density at radius 3 is 2.65 bits per heavy atom. The zero-order valence-corrected chi connectivity index (χ0v) is 9.23. The summed E-state index contributed by atoms with van der Waals surface area (Å²) in [5.74, 6) is 0.655. The minimum atomic E-state index is -0.243. The molecule has 2 aromatic rings. The number of rotatable bonds is 2. The third-order valence-corrected chi connectivity index (χ3v) is 3.01. The molecule has 1 fully saturated rings. The van der Waals surface area contributed by atoms with Crippen LogP contribution in [0, 0.1) is 5.82 Å². The summed E-state index contributed by atoms with van der Waals surface area (Å²) in [6.45, 7) is 0. The van der Waals surface area contributed by atoms with E-state index in [9.17, 15) is 4.39 Å². The molecule has 17 heavy (non-hydrogen) atoms. The molecule has 0 atom stereocenters. The third kappa shape index (κ3) is 1.98. The molecular weight excluding hydrogens is 217 g/mol. The molecule has 0 saturated heterocycles. The second kappa shape index (κ2) is 3.80. The van der Waals surface area contributed by atoms with E-state index in [-0.39, 0.29) is 5.82 Å². The molecule has 3 nitrogen and oxygen atoms in total. The predicted octanol–water partition coefficient (Wildman–Crippen LogP) is 2.74. The lowest BCUT2D eigenvalue weighted by molar-refractivity contribution is 0.628. The van der Waals surface area contributed by atoms with Gasteiger partial charge in [-0.1, -0.05) is 6.07 Å². The van der Waals surface area contributed by atoms with E-state index in [4.69, 9.17) is 5.73 Å². The lowest BCUT2D eigenvalue weighted by atomic mass is 10.1. The first kappa shape index (κ1) is 10.2. The highest BCUT2D eigenvalue weighted by molar-refractivity contribution is 5.62. The molecule has 1 aliphatic rings. The number of nitrogens with zero attached hydrogens (tertiary/aromatic N) is 2. The lowest BCUT2D eigenvalue weighted by Gasteiger charge is -2.05. The second-order valence-corrected chi connectivity index (χ2v) is 4.34. The number of nitrogen functional groups attached to an aromatic ring is 1. The van der Waals surface area contributed by atoms with Crippen molar-refractivity contribution in [1.82, 2.24) is 9.97 Å². The van der Waals surface area contributed by atoms with Crippen LogP contribution in [0.15, 0.2) is 30.6 Å². The Balaban J connectivity index is 2.02. The molecule has 3 rings (SSSR count). The lowest BCUT2D eigenvalue weighted by Crippen LogP contribution is -1.95. The van der Waals surface area contributed by atoms with Crippen LogP contribution in [0.2, 0.25) is 0 Å². The first-order chi connectivity index (χ1) is 8.24. The highest BCUT2D eigenvalue weighted by Crippen LogP contribution is 2.41. The molecule has 0 amide bonds. The Hall–Kier alpha value is -1.97. The number of halogens is 1. The Morgan fingerprint density at radius 2 is 2.00 bits per heavy atom. The van der Waals surface area contributed by atoms with Crippen molar-refractivity contribution in [2.75, 3.05) is 5.73 Å². The van der Waals surface area contributed by atoms with E-state index in [2.05, 4.69) is 9.97 Å². The summed E-state index contributed by atoms with van der Waals surface area (Å²) >= 11 is 0. The van der Waals surface area contributed by atoms with Crippen LogP contribution >= 0.6 is 0 Å². The summed E-state index contributed by atoms with van der Waals surface area (Å²) in [5, 5.41) is 0. The summed E-state index contributed by atoms with van der Waals surface area (Å²) in [5.41, 5.74) is 7.64. The molecule has 0 spiro atoms. The minimum absolute atomic E-state index is 0.243. The van der Waals surface area contributed by atoms with Gasteiger partial charge in [-0.3, -0.25) is 0 Å². The molecule has 0 unspecified atom stereocenters. The summed E-state index contributed by atoms with van der Waals surface area (Å²) in [6.07, 6.45) is 3.68. The molecule has 1 saturated carbocycles. The van der Waals surface area contributed by atoms with Crippen molar-refractivity contribution in [1.29, 1.82) is 0 Å². The fraction of sp³-hybridized carbons (Fsp3) is 0.231. The van der Waals surface area contributed by atoms with Crippen LogP contribution in [0.3, 0.4) is 0 Å². The molecule has 4 heteroatoms. The minimum Gasteiger partial charge on any atom is -0.384 e. The fourth-order valence-corrected chi connectivity index (χ4v) is 1.93. The summed E-state index contributed by atoms with van der Waals surface area (Å²) < 4.78 is 14.0. The molecule has 86 valence electrons. The topological polar surface area (TPSA) is 51.8 Å². The van der Waals surface area contributed by atoms with Crippen LogP contribution in [-0.4, -0.2) is 9.97 Å². The van der Waals surface area contributed by atoms with E-state index in [1.807, 2.05) is 6.07 Å². The maximum absolute atomic E-state index is 14.0. The number of nitrogens with two attached hydrogens (primary N) is 1. The molecule has 1 aromatic carbocycles. The predicted molar refractivity (Wildman–Crippen MR) is 63.8 cm³/mol. The van der Waals surface area contributed by atoms with E-state index >= 15 is 0 Å². The highest BCUT2D eigenvalue weighted by Gasteiger charge is 2.24. The SMILES string of the molecule is Nc1cc(-c2ccc(C3CC3)cc2F)ncn1. The van der Waals surface area contributed by atoms with Gasteiger partial charge in [0.05, 0.1) is 5.69 Å². The monoisotopic (exact) mass is 229 g/mol. The fourth-order valence-electron chi connectivity index (χ4n) is 1.93. The third-order valence-electron chi connectivity index (χ3n) is 3.01. The average molecular weight is 229 g/mol. The van der Waals surface area contributed by atoms with E-state index in [0.29, 0.717) is 23.0 Å². The Morgan fingerprint density at radius 1 is 1.18 bits per heavy atom. The van der Waals surface area contributed by atoms with Crippen LogP contribution in [0.1, 0.15) is 24.3 Å². The van der Waals surface area contributed by atoms with Crippen molar-refractivity contribution in [3.8, 4) is 11.3 Å². The zero-order chi connectivity index (χ0) is 11.8. The molecule has 0 bridgehead atoms. The number of hydrogen-bond donors (Lipinski definition) is 1. The van der Waals surface area contributed by atoms with Crippen molar-refractivity contribution >= 4 is 5.82 Å². The van der Waals surface area contributed by atoms with Crippen LogP contribution < -0.4 is 5.73 Å². The van der Waals surface area contributed by atoms with Gasteiger partial charge in [-0.2, -0.15) is 0 Å². The average Bonchev–Trinajstić information content (AvgIpc) is 3.12. The van der Waals surface area contributed by atoms with Gasteiger partial charge in [-0.25, -0.2) is 14.4 Å². The van der Waals surface area contributed by atoms with Crippen molar-refractivity contribution < 1.29 is 4.39 Å². The molecule has 2 N–H and O–H groups in total. The van der Waals surface area contributed by atoms with E-state index in [1.165, 1.54) is 19.2 Å². The van der Waals surface area contributed by atoms with Gasteiger partial charge >= 0.3 is 0 Å². The summed E-state index contributed by atoms with van der Waals surface area (Å²) in [4.78, 5) is 7.82. The Labute approximate surface area is 98.5 Å². The summed E-state index contributed by atoms with van der Waals surface area (Å²) in [6, 6.07) is 6.92. The van der Waals surface area contributed by atoms with Crippen molar-refractivity contribution in [3.05, 3.63) is 42.0 Å². The van der Waals surface area contributed by atoms with Crippen LogP contribution in [0.5, 0.6) is 0 Å². The first-order valence-corrected chi connectivity index (χ1v) is 5.61. The highest BCUT2D eigenvalue weighted by atomic mass is 19.1. The van der Waals surface area contributed by atoms with Gasteiger partial charge in [0.25, 0.3) is 0 Å². The van der Waals surface area contributed by atoms with E-state index in [1.54, 1.807) is 18.2 Å². The van der Waals surface area contributed by atoms with Gasteiger partial charge < -0.3 is 5.73 Å². The van der Waals surface area contributed by atoms with Crippen LogP contribution in [0.4, 0.5) is 10.2 Å². The van der Waals surface area contributed by atoms with Gasteiger partial charge in [-0.15, -0.1) is 0 Å². The number of benzene rings is 1. The second-order valence-electron chi connectivity index (χ2n) is 4.34. The standard InChI is InChI=1S/C13H12FN3/c14-11-5-9(8-1-2-8)3-4-10(11)12-6-13(15)17-7-16-12/h3-8H,1-2H2,(H2,15,16,17). The van der Waals surface area contributed by atoms with Crippen LogP contribution in [0.25, 0.3) is 11.3 Å². The Kier molecular flexibility index (Phi) is 2.28.